The average molecular weight is 356 g/mol. The fraction of sp³-hybridized carbons (Fsp3) is 0.208. The zero-order valence-electron chi connectivity index (χ0n) is 15.7. The third-order valence-corrected chi connectivity index (χ3v) is 5.09. The lowest BCUT2D eigenvalue weighted by Gasteiger charge is -2.39. The summed E-state index contributed by atoms with van der Waals surface area (Å²) in [4.78, 5) is 12.7. The fourth-order valence-electron chi connectivity index (χ4n) is 3.86. The van der Waals surface area contributed by atoms with Crippen molar-refractivity contribution in [2.24, 2.45) is 0 Å². The molecule has 0 bridgehead atoms. The molecule has 1 unspecified atom stereocenters. The first-order chi connectivity index (χ1) is 13.0. The third kappa shape index (κ3) is 3.64. The molecule has 3 heteroatoms. The number of carbonyl (C=O) groups is 1. The molecule has 2 N–H and O–H groups in total. The summed E-state index contributed by atoms with van der Waals surface area (Å²) >= 11 is 0. The highest BCUT2D eigenvalue weighted by Gasteiger charge is 2.33. The normalized spacial score (nSPS) is 17.8. The van der Waals surface area contributed by atoms with Gasteiger partial charge in [0.2, 0.25) is 0 Å². The number of fused-ring (bicyclic) bond motifs is 1. The van der Waals surface area contributed by atoms with E-state index in [0.29, 0.717) is 5.56 Å². The van der Waals surface area contributed by atoms with Crippen LogP contribution in [0.15, 0.2) is 78.9 Å². The molecule has 3 aromatic carbocycles. The molecule has 0 fully saturated rings. The third-order valence-electron chi connectivity index (χ3n) is 5.09. The quantitative estimate of drug-likeness (QED) is 0.697. The van der Waals surface area contributed by atoms with Crippen LogP contribution >= 0.6 is 0 Å². The van der Waals surface area contributed by atoms with Gasteiger partial charge in [-0.3, -0.25) is 4.79 Å². The van der Waals surface area contributed by atoms with Gasteiger partial charge in [-0.25, -0.2) is 0 Å². The topological polar surface area (TPSA) is 41.1 Å². The summed E-state index contributed by atoms with van der Waals surface area (Å²) in [6.07, 6.45) is 0.984. The highest BCUT2D eigenvalue weighted by atomic mass is 16.1. The van der Waals surface area contributed by atoms with Gasteiger partial charge in [-0.05, 0) is 55.2 Å². The van der Waals surface area contributed by atoms with Crippen LogP contribution in [0.1, 0.15) is 46.9 Å². The second kappa shape index (κ2) is 7.01. The van der Waals surface area contributed by atoms with Crippen molar-refractivity contribution in [1.29, 1.82) is 0 Å². The number of anilines is 1. The molecule has 136 valence electrons. The van der Waals surface area contributed by atoms with Crippen LogP contribution in [0.2, 0.25) is 0 Å². The van der Waals surface area contributed by atoms with Gasteiger partial charge in [0, 0.05) is 16.8 Å². The summed E-state index contributed by atoms with van der Waals surface area (Å²) in [7, 11) is 0. The Labute approximate surface area is 160 Å². The van der Waals surface area contributed by atoms with Crippen molar-refractivity contribution in [3.05, 3.63) is 101 Å². The van der Waals surface area contributed by atoms with Gasteiger partial charge in [0.1, 0.15) is 0 Å². The standard InChI is InChI=1S/C24H24N2O/c1-24(2)16-18-12-6-7-13-19(18)22(26-24)20-14-8-9-15-21(20)25-23(27)17-10-4-3-5-11-17/h3-15,22,26H,16H2,1-2H3,(H,25,27). The summed E-state index contributed by atoms with van der Waals surface area (Å²) < 4.78 is 0. The maximum atomic E-state index is 12.7. The number of amides is 1. The molecule has 1 amide bonds. The molecule has 0 saturated carbocycles. The van der Waals surface area contributed by atoms with E-state index in [1.54, 1.807) is 0 Å². The Hall–Kier alpha value is -2.91. The van der Waals surface area contributed by atoms with Crippen LogP contribution in [-0.4, -0.2) is 11.4 Å². The predicted molar refractivity (Wildman–Crippen MR) is 110 cm³/mol. The molecule has 0 aromatic heterocycles. The number of rotatable bonds is 3. The molecule has 0 aliphatic carbocycles. The highest BCUT2D eigenvalue weighted by molar-refractivity contribution is 6.04. The highest BCUT2D eigenvalue weighted by Crippen LogP contribution is 2.37. The van der Waals surface area contributed by atoms with E-state index in [0.717, 1.165) is 17.7 Å². The Balaban J connectivity index is 1.72. The Morgan fingerprint density at radius 3 is 2.30 bits per heavy atom. The maximum Gasteiger partial charge on any atom is 0.255 e. The van der Waals surface area contributed by atoms with Crippen molar-refractivity contribution >= 4 is 11.6 Å². The van der Waals surface area contributed by atoms with Crippen LogP contribution in [0, 0.1) is 0 Å². The van der Waals surface area contributed by atoms with Crippen molar-refractivity contribution < 1.29 is 4.79 Å². The number of hydrogen-bond acceptors (Lipinski definition) is 2. The molecule has 0 saturated heterocycles. The number of nitrogens with one attached hydrogen (secondary N) is 2. The summed E-state index contributed by atoms with van der Waals surface area (Å²) in [5, 5.41) is 6.87. The van der Waals surface area contributed by atoms with Crippen LogP contribution in [0.3, 0.4) is 0 Å². The summed E-state index contributed by atoms with van der Waals surface area (Å²) in [6.45, 7) is 4.45. The first kappa shape index (κ1) is 17.5. The summed E-state index contributed by atoms with van der Waals surface area (Å²) in [5.74, 6) is -0.0913. The van der Waals surface area contributed by atoms with E-state index in [9.17, 15) is 4.79 Å². The van der Waals surface area contributed by atoms with Crippen molar-refractivity contribution in [2.45, 2.75) is 31.8 Å². The summed E-state index contributed by atoms with van der Waals surface area (Å²) in [6, 6.07) is 26.0. The Morgan fingerprint density at radius 2 is 1.52 bits per heavy atom. The number of benzene rings is 3. The lowest BCUT2D eigenvalue weighted by molar-refractivity contribution is 0.102. The molecule has 0 spiro atoms. The van der Waals surface area contributed by atoms with E-state index in [2.05, 4.69) is 54.8 Å². The van der Waals surface area contributed by atoms with Crippen LogP contribution < -0.4 is 10.6 Å². The molecule has 1 atom stereocenters. The van der Waals surface area contributed by atoms with E-state index in [4.69, 9.17) is 0 Å². The lowest BCUT2D eigenvalue weighted by atomic mass is 9.81. The minimum atomic E-state index is -0.0913. The number of hydrogen-bond donors (Lipinski definition) is 2. The van der Waals surface area contributed by atoms with Gasteiger partial charge in [0.15, 0.2) is 0 Å². The van der Waals surface area contributed by atoms with Crippen molar-refractivity contribution in [2.75, 3.05) is 5.32 Å². The van der Waals surface area contributed by atoms with Gasteiger partial charge in [0.25, 0.3) is 5.91 Å². The fourth-order valence-corrected chi connectivity index (χ4v) is 3.86. The first-order valence-corrected chi connectivity index (χ1v) is 9.34. The second-order valence-electron chi connectivity index (χ2n) is 7.74. The van der Waals surface area contributed by atoms with Gasteiger partial charge in [-0.2, -0.15) is 0 Å². The molecular weight excluding hydrogens is 332 g/mol. The zero-order valence-corrected chi connectivity index (χ0v) is 15.7. The van der Waals surface area contributed by atoms with E-state index in [1.807, 2.05) is 48.5 Å². The van der Waals surface area contributed by atoms with Gasteiger partial charge in [-0.15, -0.1) is 0 Å². The molecule has 3 aromatic rings. The first-order valence-electron chi connectivity index (χ1n) is 9.34. The van der Waals surface area contributed by atoms with E-state index in [1.165, 1.54) is 11.1 Å². The Kier molecular flexibility index (Phi) is 4.54. The van der Waals surface area contributed by atoms with Gasteiger partial charge >= 0.3 is 0 Å². The lowest BCUT2D eigenvalue weighted by Crippen LogP contribution is -2.47. The molecule has 1 heterocycles. The maximum absolute atomic E-state index is 12.7. The van der Waals surface area contributed by atoms with Crippen LogP contribution in [-0.2, 0) is 6.42 Å². The second-order valence-corrected chi connectivity index (χ2v) is 7.74. The summed E-state index contributed by atoms with van der Waals surface area (Å²) in [5.41, 5.74) is 5.20. The predicted octanol–water partition coefficient (Wildman–Crippen LogP) is 4.95. The monoisotopic (exact) mass is 356 g/mol. The molecule has 4 rings (SSSR count). The number of para-hydroxylation sites is 1. The van der Waals surface area contributed by atoms with E-state index >= 15 is 0 Å². The van der Waals surface area contributed by atoms with Crippen molar-refractivity contribution in [3.63, 3.8) is 0 Å². The minimum Gasteiger partial charge on any atom is -0.322 e. The van der Waals surface area contributed by atoms with Gasteiger partial charge < -0.3 is 10.6 Å². The number of carbonyl (C=O) groups excluding carboxylic acids is 1. The van der Waals surface area contributed by atoms with Crippen LogP contribution in [0.4, 0.5) is 5.69 Å². The van der Waals surface area contributed by atoms with Crippen molar-refractivity contribution in [3.8, 4) is 0 Å². The average Bonchev–Trinajstić information content (AvgIpc) is 2.68. The van der Waals surface area contributed by atoms with Gasteiger partial charge in [-0.1, -0.05) is 60.7 Å². The molecular formula is C24H24N2O. The van der Waals surface area contributed by atoms with Gasteiger partial charge in [0.05, 0.1) is 6.04 Å². The van der Waals surface area contributed by atoms with E-state index < -0.39 is 0 Å². The zero-order chi connectivity index (χ0) is 18.9. The molecule has 1 aliphatic rings. The van der Waals surface area contributed by atoms with Crippen LogP contribution in [0.25, 0.3) is 0 Å². The van der Waals surface area contributed by atoms with E-state index in [-0.39, 0.29) is 17.5 Å². The van der Waals surface area contributed by atoms with Crippen molar-refractivity contribution in [1.82, 2.24) is 5.32 Å². The molecule has 27 heavy (non-hydrogen) atoms. The Bertz CT molecular complexity index is 963. The minimum absolute atomic E-state index is 0.0183. The Morgan fingerprint density at radius 1 is 0.889 bits per heavy atom. The molecule has 1 aliphatic heterocycles. The van der Waals surface area contributed by atoms with Crippen LogP contribution in [0.5, 0.6) is 0 Å². The largest absolute Gasteiger partial charge is 0.322 e. The molecule has 3 nitrogen and oxygen atoms in total. The SMILES string of the molecule is CC1(C)Cc2ccccc2C(c2ccccc2NC(=O)c2ccccc2)N1. The smallest absolute Gasteiger partial charge is 0.255 e. The molecule has 0 radical (unpaired) electrons.